The van der Waals surface area contributed by atoms with E-state index in [2.05, 4.69) is 106 Å². The predicted octanol–water partition coefficient (Wildman–Crippen LogP) is 12.0. The smallest absolute Gasteiger partial charge is 0.249 e. The summed E-state index contributed by atoms with van der Waals surface area (Å²) in [5.41, 5.74) is 16.9. The minimum absolute atomic E-state index is 0.0956. The van der Waals surface area contributed by atoms with Crippen molar-refractivity contribution in [3.05, 3.63) is 208 Å². The molecule has 0 radical (unpaired) electrons. The van der Waals surface area contributed by atoms with Crippen molar-refractivity contribution in [1.29, 1.82) is 0 Å². The number of azide groups is 1. The highest BCUT2D eigenvalue weighted by Gasteiger charge is 2.20. The number of hydrogen-bond acceptors (Lipinski definition) is 4. The molecule has 0 unspecified atom stereocenters. The number of para-hydroxylation sites is 2. The fourth-order valence-corrected chi connectivity index (χ4v) is 6.07. The summed E-state index contributed by atoms with van der Waals surface area (Å²) in [6.07, 6.45) is 0. The second-order valence-corrected chi connectivity index (χ2v) is 13.6. The van der Waals surface area contributed by atoms with Crippen LogP contribution in [0.1, 0.15) is 48.5 Å². The summed E-state index contributed by atoms with van der Waals surface area (Å²) in [5, 5.41) is 3.03. The molecule has 50 heavy (non-hydrogen) atoms. The van der Waals surface area contributed by atoms with Crippen LogP contribution in [0.4, 0.5) is 11.4 Å². The zero-order chi connectivity index (χ0) is 35.0. The molecule has 7 nitrogen and oxygen atoms in total. The summed E-state index contributed by atoms with van der Waals surface area (Å²) in [6.45, 7) is 0. The summed E-state index contributed by atoms with van der Waals surface area (Å²) in [7, 11) is 0. The Balaban J connectivity index is 0.000000189. The normalized spacial score (nSPS) is 11.5. The second kappa shape index (κ2) is 16.0. The van der Waals surface area contributed by atoms with Gasteiger partial charge in [-0.1, -0.05) is 133 Å². The molecule has 1 amide bonds. The molecular formula is C40H24Br3N5O2. The van der Waals surface area contributed by atoms with Crippen molar-refractivity contribution < 1.29 is 9.59 Å². The fourth-order valence-electron chi connectivity index (χ4n) is 5.28. The maximum atomic E-state index is 12.4. The van der Waals surface area contributed by atoms with Gasteiger partial charge in [-0.3, -0.25) is 9.59 Å². The summed E-state index contributed by atoms with van der Waals surface area (Å²) in [6, 6.07) is 46.0. The van der Waals surface area contributed by atoms with E-state index in [1.165, 1.54) is 12.1 Å². The van der Waals surface area contributed by atoms with E-state index < -0.39 is 5.91 Å². The second-order valence-electron chi connectivity index (χ2n) is 10.8. The van der Waals surface area contributed by atoms with E-state index in [1.807, 2.05) is 48.5 Å². The summed E-state index contributed by atoms with van der Waals surface area (Å²) < 4.78 is 2.94. The molecule has 0 N–H and O–H groups in total. The molecule has 6 aromatic rings. The van der Waals surface area contributed by atoms with Gasteiger partial charge in [0.05, 0.1) is 22.8 Å². The van der Waals surface area contributed by atoms with Crippen LogP contribution in [-0.2, 0) is 0 Å². The minimum atomic E-state index is -0.770. The molecule has 0 fully saturated rings. The molecule has 0 aromatic heterocycles. The fraction of sp³-hybridized carbons (Fsp3) is 0. The number of hydrogen-bond donors (Lipinski definition) is 0. The molecule has 0 saturated carbocycles. The zero-order valence-electron chi connectivity index (χ0n) is 26.0. The van der Waals surface area contributed by atoms with Crippen molar-refractivity contribution in [3.8, 4) is 0 Å². The quantitative estimate of drug-likeness (QED) is 0.0744. The topological polar surface area (TPSA) is 108 Å². The maximum absolute atomic E-state index is 12.4. The summed E-state index contributed by atoms with van der Waals surface area (Å²) in [4.78, 5) is 36.8. The van der Waals surface area contributed by atoms with Crippen molar-refractivity contribution in [1.82, 2.24) is 0 Å². The molecule has 6 aromatic carbocycles. The molecular weight excluding hydrogens is 822 g/mol. The van der Waals surface area contributed by atoms with Crippen molar-refractivity contribution in [2.45, 2.75) is 0 Å². The number of amides is 1. The average Bonchev–Trinajstić information content (AvgIpc) is 3.14. The summed E-state index contributed by atoms with van der Waals surface area (Å²) in [5.74, 6) is -1.07. The molecule has 1 aliphatic heterocycles. The van der Waals surface area contributed by atoms with Crippen LogP contribution in [0.15, 0.2) is 174 Å². The van der Waals surface area contributed by atoms with E-state index in [-0.39, 0.29) is 16.9 Å². The van der Waals surface area contributed by atoms with Gasteiger partial charge in [0.25, 0.3) is 0 Å². The van der Waals surface area contributed by atoms with E-state index in [4.69, 9.17) is 15.5 Å². The lowest BCUT2D eigenvalue weighted by atomic mass is 9.96. The highest BCUT2D eigenvalue weighted by atomic mass is 79.9. The Morgan fingerprint density at radius 2 is 0.920 bits per heavy atom. The minimum Gasteiger partial charge on any atom is -0.289 e. The van der Waals surface area contributed by atoms with Crippen LogP contribution in [0.2, 0.25) is 0 Å². The van der Waals surface area contributed by atoms with Gasteiger partial charge in [-0.2, -0.15) is 0 Å². The highest BCUT2D eigenvalue weighted by molar-refractivity contribution is 9.11. The van der Waals surface area contributed by atoms with Crippen LogP contribution in [0.3, 0.4) is 0 Å². The third kappa shape index (κ3) is 7.96. The molecule has 242 valence electrons. The number of aliphatic imine (C=N–C) groups is 2. The van der Waals surface area contributed by atoms with Crippen molar-refractivity contribution in [2.75, 3.05) is 0 Å². The van der Waals surface area contributed by atoms with Crippen LogP contribution < -0.4 is 0 Å². The van der Waals surface area contributed by atoms with Gasteiger partial charge >= 0.3 is 0 Å². The van der Waals surface area contributed by atoms with Crippen molar-refractivity contribution >= 4 is 82.3 Å². The molecule has 1 heterocycles. The molecule has 0 bridgehead atoms. The van der Waals surface area contributed by atoms with Crippen LogP contribution in [-0.4, -0.2) is 23.1 Å². The lowest BCUT2D eigenvalue weighted by Gasteiger charge is -2.18. The number of rotatable bonds is 5. The molecule has 0 atom stereocenters. The van der Waals surface area contributed by atoms with Gasteiger partial charge in [0.2, 0.25) is 5.91 Å². The lowest BCUT2D eigenvalue weighted by Crippen LogP contribution is -2.10. The van der Waals surface area contributed by atoms with Crippen LogP contribution >= 0.6 is 47.8 Å². The van der Waals surface area contributed by atoms with Gasteiger partial charge in [-0.25, -0.2) is 9.98 Å². The third-order valence-corrected chi connectivity index (χ3v) is 9.25. The van der Waals surface area contributed by atoms with E-state index in [0.29, 0.717) is 5.56 Å². The van der Waals surface area contributed by atoms with Gasteiger partial charge in [-0.05, 0) is 71.3 Å². The zero-order valence-corrected chi connectivity index (χ0v) is 30.8. The Hall–Kier alpha value is -5.25. The number of benzene rings is 6. The average molecular weight is 846 g/mol. The van der Waals surface area contributed by atoms with E-state index in [9.17, 15) is 9.59 Å². The lowest BCUT2D eigenvalue weighted by molar-refractivity contribution is 0.0981. The Bertz CT molecular complexity index is 2230. The predicted molar refractivity (Wildman–Crippen MR) is 209 cm³/mol. The molecule has 10 heteroatoms. The first-order valence-corrected chi connectivity index (χ1v) is 17.6. The van der Waals surface area contributed by atoms with Gasteiger partial charge < -0.3 is 0 Å². The molecule has 0 aliphatic carbocycles. The number of carbonyl (C=O) groups is 2. The monoisotopic (exact) mass is 843 g/mol. The largest absolute Gasteiger partial charge is 0.289 e. The third-order valence-electron chi connectivity index (χ3n) is 7.66. The van der Waals surface area contributed by atoms with Gasteiger partial charge in [0.15, 0.2) is 5.78 Å². The summed E-state index contributed by atoms with van der Waals surface area (Å²) >= 11 is 10.3. The number of carbonyl (C=O) groups excluding carboxylic acids is 2. The van der Waals surface area contributed by atoms with E-state index in [1.54, 1.807) is 36.4 Å². The molecule has 1 aliphatic rings. The van der Waals surface area contributed by atoms with Crippen molar-refractivity contribution in [2.24, 2.45) is 15.1 Å². The first-order valence-electron chi connectivity index (χ1n) is 15.2. The van der Waals surface area contributed by atoms with E-state index in [0.717, 1.165) is 58.5 Å². The number of fused-ring (bicyclic) bond motifs is 2. The molecule has 0 saturated heterocycles. The van der Waals surface area contributed by atoms with Gasteiger partial charge in [0, 0.05) is 57.3 Å². The first kappa shape index (κ1) is 34.6. The van der Waals surface area contributed by atoms with Crippen molar-refractivity contribution in [3.63, 3.8) is 0 Å². The van der Waals surface area contributed by atoms with Crippen LogP contribution in [0, 0.1) is 0 Å². The number of halogens is 3. The Morgan fingerprint density at radius 1 is 0.520 bits per heavy atom. The number of ketones is 1. The van der Waals surface area contributed by atoms with Crippen LogP contribution in [0.5, 0.6) is 0 Å². The van der Waals surface area contributed by atoms with Crippen LogP contribution in [0.25, 0.3) is 10.4 Å². The molecule has 0 spiro atoms. The van der Waals surface area contributed by atoms with Gasteiger partial charge in [0.1, 0.15) is 0 Å². The Kier molecular flexibility index (Phi) is 11.1. The SMILES string of the molecule is Brc1ccc(C2=Nc3ccccc3C(c3ccc(Br)cc3)=Nc3ccccc32)cc1.[N-]=[N+]=NC(=O)c1ccccc1C(=O)c1ccc(Br)cc1. The first-order chi connectivity index (χ1) is 24.3. The standard InChI is InChI=1S/C26H16Br2N2.C14H8BrN3O2/c27-19-13-9-17(10-14-19)25-21-5-1-3-7-23(21)29-26(18-11-15-20(28)16-12-18)22-6-2-4-8-24(22)30-25;15-10-7-5-9(6-8-10)13(19)11-3-1-2-4-12(11)14(20)17-18-16/h1-16H;1-8H. The maximum Gasteiger partial charge on any atom is 0.249 e. The van der Waals surface area contributed by atoms with Gasteiger partial charge in [-0.15, -0.1) is 0 Å². The molecule has 7 rings (SSSR count). The van der Waals surface area contributed by atoms with E-state index >= 15 is 0 Å². The highest BCUT2D eigenvalue weighted by Crippen LogP contribution is 2.33. The number of nitrogens with zero attached hydrogens (tertiary/aromatic N) is 5. The Morgan fingerprint density at radius 3 is 1.38 bits per heavy atom. The Labute approximate surface area is 313 Å².